The van der Waals surface area contributed by atoms with Crippen LogP contribution >= 0.6 is 0 Å². The van der Waals surface area contributed by atoms with E-state index in [1.165, 1.54) is 0 Å². The summed E-state index contributed by atoms with van der Waals surface area (Å²) in [5.41, 5.74) is 0.146. The summed E-state index contributed by atoms with van der Waals surface area (Å²) in [6.45, 7) is 4.80. The second-order valence-corrected chi connectivity index (χ2v) is 4.95. The molecule has 17 heavy (non-hydrogen) atoms. The molecule has 0 spiro atoms. The lowest BCUT2D eigenvalue weighted by Gasteiger charge is -2.57. The maximum atomic E-state index is 11.9. The molecule has 2 unspecified atom stereocenters. The van der Waals surface area contributed by atoms with Gasteiger partial charge in [0.15, 0.2) is 0 Å². The molecule has 2 atom stereocenters. The number of likely N-dealkylation sites (N-methyl/N-ethyl adjacent to an activating group) is 2. The summed E-state index contributed by atoms with van der Waals surface area (Å²) in [7, 11) is 5.49. The quantitative estimate of drug-likeness (QED) is 0.762. The SMILES string of the molecule is CCC1(CC)C(OC)CC1N(C)C(=O)CNC. The highest BCUT2D eigenvalue weighted by Gasteiger charge is 2.55. The molecule has 100 valence electrons. The standard InChI is InChI=1S/C13H26N2O2/c1-6-13(7-2)10(8-11(13)17-5)15(4)12(16)9-14-3/h10-11,14H,6-9H2,1-5H3. The minimum absolute atomic E-state index is 0.146. The molecule has 0 bridgehead atoms. The van der Waals surface area contributed by atoms with Crippen molar-refractivity contribution in [2.75, 3.05) is 27.7 Å². The van der Waals surface area contributed by atoms with E-state index in [4.69, 9.17) is 4.74 Å². The van der Waals surface area contributed by atoms with Gasteiger partial charge in [-0.05, 0) is 26.3 Å². The van der Waals surface area contributed by atoms with Crippen LogP contribution in [0, 0.1) is 5.41 Å². The summed E-state index contributed by atoms with van der Waals surface area (Å²) >= 11 is 0. The Morgan fingerprint density at radius 1 is 1.47 bits per heavy atom. The van der Waals surface area contributed by atoms with Crippen LogP contribution in [0.4, 0.5) is 0 Å². The number of hydrogen-bond acceptors (Lipinski definition) is 3. The molecule has 1 N–H and O–H groups in total. The topological polar surface area (TPSA) is 41.6 Å². The zero-order chi connectivity index (χ0) is 13.1. The number of nitrogens with zero attached hydrogens (tertiary/aromatic N) is 1. The number of hydrogen-bond donors (Lipinski definition) is 1. The molecule has 0 aromatic rings. The van der Waals surface area contributed by atoms with E-state index in [-0.39, 0.29) is 11.3 Å². The number of ether oxygens (including phenoxy) is 1. The molecule has 0 aliphatic heterocycles. The summed E-state index contributed by atoms with van der Waals surface area (Å²) < 4.78 is 5.55. The average molecular weight is 242 g/mol. The van der Waals surface area contributed by atoms with Gasteiger partial charge in [-0.3, -0.25) is 4.79 Å². The van der Waals surface area contributed by atoms with Crippen molar-refractivity contribution in [3.05, 3.63) is 0 Å². The number of methoxy groups -OCH3 is 1. The monoisotopic (exact) mass is 242 g/mol. The van der Waals surface area contributed by atoms with E-state index in [2.05, 4.69) is 19.2 Å². The zero-order valence-corrected chi connectivity index (χ0v) is 11.7. The molecule has 1 amide bonds. The van der Waals surface area contributed by atoms with Crippen LogP contribution in [0.15, 0.2) is 0 Å². The van der Waals surface area contributed by atoms with Crippen molar-refractivity contribution in [2.45, 2.75) is 45.3 Å². The van der Waals surface area contributed by atoms with Gasteiger partial charge in [0.1, 0.15) is 0 Å². The van der Waals surface area contributed by atoms with Crippen LogP contribution in [0.2, 0.25) is 0 Å². The molecule has 0 radical (unpaired) electrons. The van der Waals surface area contributed by atoms with Gasteiger partial charge in [0, 0.05) is 25.6 Å². The van der Waals surface area contributed by atoms with E-state index in [0.717, 1.165) is 19.3 Å². The Balaban J connectivity index is 2.75. The van der Waals surface area contributed by atoms with Crippen molar-refractivity contribution < 1.29 is 9.53 Å². The largest absolute Gasteiger partial charge is 0.381 e. The highest BCUT2D eigenvalue weighted by Crippen LogP contribution is 2.50. The third-order valence-corrected chi connectivity index (χ3v) is 4.53. The second kappa shape index (κ2) is 5.83. The van der Waals surface area contributed by atoms with Gasteiger partial charge in [-0.1, -0.05) is 13.8 Å². The fraction of sp³-hybridized carbons (Fsp3) is 0.923. The van der Waals surface area contributed by atoms with Gasteiger partial charge in [0.2, 0.25) is 5.91 Å². The van der Waals surface area contributed by atoms with Gasteiger partial charge in [-0.15, -0.1) is 0 Å². The summed E-state index contributed by atoms with van der Waals surface area (Å²) in [6.07, 6.45) is 3.38. The van der Waals surface area contributed by atoms with Gasteiger partial charge in [0.25, 0.3) is 0 Å². The Morgan fingerprint density at radius 2 is 2.06 bits per heavy atom. The average Bonchev–Trinajstić information content (AvgIpc) is 2.30. The van der Waals surface area contributed by atoms with Crippen LogP contribution in [-0.4, -0.2) is 50.7 Å². The Labute approximate surface area is 105 Å². The summed E-state index contributed by atoms with van der Waals surface area (Å²) in [4.78, 5) is 13.8. The maximum Gasteiger partial charge on any atom is 0.236 e. The highest BCUT2D eigenvalue weighted by atomic mass is 16.5. The fourth-order valence-corrected chi connectivity index (χ4v) is 3.23. The minimum atomic E-state index is 0.146. The molecule has 4 heteroatoms. The summed E-state index contributed by atoms with van der Waals surface area (Å²) in [5, 5.41) is 2.92. The van der Waals surface area contributed by atoms with Crippen molar-refractivity contribution in [2.24, 2.45) is 5.41 Å². The highest BCUT2D eigenvalue weighted by molar-refractivity contribution is 5.78. The summed E-state index contributed by atoms with van der Waals surface area (Å²) in [6, 6.07) is 0.322. The van der Waals surface area contributed by atoms with Gasteiger partial charge in [-0.2, -0.15) is 0 Å². The van der Waals surface area contributed by atoms with Crippen LogP contribution in [0.3, 0.4) is 0 Å². The first-order chi connectivity index (χ1) is 8.07. The second-order valence-electron chi connectivity index (χ2n) is 4.95. The predicted octanol–water partition coefficient (Wildman–Crippen LogP) is 1.26. The Bertz CT molecular complexity index is 264. The van der Waals surface area contributed by atoms with Crippen LogP contribution in [-0.2, 0) is 9.53 Å². The fourth-order valence-electron chi connectivity index (χ4n) is 3.23. The Hall–Kier alpha value is -0.610. The Kier molecular flexibility index (Phi) is 4.95. The molecule has 0 saturated heterocycles. The van der Waals surface area contributed by atoms with Crippen molar-refractivity contribution in [1.82, 2.24) is 10.2 Å². The molecule has 1 fully saturated rings. The Morgan fingerprint density at radius 3 is 2.47 bits per heavy atom. The first-order valence-electron chi connectivity index (χ1n) is 6.50. The zero-order valence-electron chi connectivity index (χ0n) is 11.7. The number of carbonyl (C=O) groups excluding carboxylic acids is 1. The van der Waals surface area contributed by atoms with Crippen LogP contribution < -0.4 is 5.32 Å². The van der Waals surface area contributed by atoms with E-state index in [1.807, 2.05) is 11.9 Å². The molecule has 4 nitrogen and oxygen atoms in total. The molecular weight excluding hydrogens is 216 g/mol. The van der Waals surface area contributed by atoms with Crippen molar-refractivity contribution in [3.63, 3.8) is 0 Å². The van der Waals surface area contributed by atoms with E-state index in [9.17, 15) is 4.79 Å². The van der Waals surface area contributed by atoms with Gasteiger partial charge >= 0.3 is 0 Å². The first kappa shape index (κ1) is 14.5. The lowest BCUT2D eigenvalue weighted by molar-refractivity contribution is -0.169. The molecule has 1 aliphatic rings. The lowest BCUT2D eigenvalue weighted by Crippen LogP contribution is -2.65. The van der Waals surface area contributed by atoms with Crippen molar-refractivity contribution >= 4 is 5.91 Å². The third kappa shape index (κ3) is 2.33. The van der Waals surface area contributed by atoms with E-state index in [1.54, 1.807) is 14.2 Å². The molecule has 0 heterocycles. The van der Waals surface area contributed by atoms with E-state index < -0.39 is 0 Å². The minimum Gasteiger partial charge on any atom is -0.381 e. The van der Waals surface area contributed by atoms with Crippen molar-refractivity contribution in [1.29, 1.82) is 0 Å². The molecule has 1 rings (SSSR count). The number of rotatable bonds is 6. The van der Waals surface area contributed by atoms with Gasteiger partial charge in [-0.25, -0.2) is 0 Å². The normalized spacial score (nSPS) is 26.4. The van der Waals surface area contributed by atoms with Crippen LogP contribution in [0.5, 0.6) is 0 Å². The van der Waals surface area contributed by atoms with Crippen LogP contribution in [0.25, 0.3) is 0 Å². The molecular formula is C13H26N2O2. The van der Waals surface area contributed by atoms with E-state index in [0.29, 0.717) is 18.7 Å². The lowest BCUT2D eigenvalue weighted by atomic mass is 9.58. The molecule has 0 aromatic carbocycles. The third-order valence-electron chi connectivity index (χ3n) is 4.53. The van der Waals surface area contributed by atoms with Crippen LogP contribution in [0.1, 0.15) is 33.1 Å². The van der Waals surface area contributed by atoms with Gasteiger partial charge in [0.05, 0.1) is 12.6 Å². The number of carbonyl (C=O) groups is 1. The van der Waals surface area contributed by atoms with E-state index >= 15 is 0 Å². The smallest absolute Gasteiger partial charge is 0.236 e. The van der Waals surface area contributed by atoms with Crippen molar-refractivity contribution in [3.8, 4) is 0 Å². The molecule has 0 aromatic heterocycles. The maximum absolute atomic E-state index is 11.9. The summed E-state index contributed by atoms with van der Waals surface area (Å²) in [5.74, 6) is 0.165. The van der Waals surface area contributed by atoms with Gasteiger partial charge < -0.3 is 15.0 Å². The number of nitrogens with one attached hydrogen (secondary N) is 1. The molecule has 1 aliphatic carbocycles. The molecule has 1 saturated carbocycles. The first-order valence-corrected chi connectivity index (χ1v) is 6.50. The number of amides is 1. The predicted molar refractivity (Wildman–Crippen MR) is 68.9 cm³/mol.